The molecule has 320 valence electrons. The van der Waals surface area contributed by atoms with Crippen LogP contribution in [0.3, 0.4) is 0 Å². The number of nitrogens with zero attached hydrogens (tertiary/aromatic N) is 2. The zero-order valence-electron chi connectivity index (χ0n) is 36.5. The number of hydrogen-bond donors (Lipinski definition) is 1. The number of benzene rings is 3. The number of rotatable bonds is 12. The number of aromatic nitrogens is 1. The average Bonchev–Trinajstić information content (AvgIpc) is 3.59. The first kappa shape index (κ1) is 44.0. The molecule has 0 spiro atoms. The van der Waals surface area contributed by atoms with Crippen LogP contribution >= 0.6 is 15.9 Å². The Balaban J connectivity index is 1.42. The Labute approximate surface area is 362 Å². The van der Waals surface area contributed by atoms with Crippen molar-refractivity contribution in [1.82, 2.24) is 10.1 Å². The SMILES string of the molecule is CN(C)[C@@H]1c2onc(OCc3ccccc3)c2C(=O)[C@@]2(O[Si](C)(C)C(C)(C)C)C(=O)C3=C(O)c4c(c(F)c(CCCC(C)(C)C)c(Br)c4OCc4ccccc4)C[C@H]3C[C@@H]12. The highest BCUT2D eigenvalue weighted by molar-refractivity contribution is 9.10. The lowest BCUT2D eigenvalue weighted by molar-refractivity contribution is -0.140. The number of fused-ring (bicyclic) bond motifs is 4. The summed E-state index contributed by atoms with van der Waals surface area (Å²) >= 11 is 3.72. The number of hydrogen-bond acceptors (Lipinski definition) is 9. The van der Waals surface area contributed by atoms with Gasteiger partial charge in [0.25, 0.3) is 5.88 Å². The van der Waals surface area contributed by atoms with Crippen LogP contribution in [0.15, 0.2) is 75.2 Å². The maximum atomic E-state index is 17.2. The van der Waals surface area contributed by atoms with E-state index in [1.54, 1.807) is 0 Å². The molecule has 0 aliphatic heterocycles. The van der Waals surface area contributed by atoms with Gasteiger partial charge in [-0.05, 0) is 108 Å². The molecular weight excluding hydrogens is 844 g/mol. The van der Waals surface area contributed by atoms with Crippen LogP contribution in [0, 0.1) is 23.1 Å². The first-order valence-corrected chi connectivity index (χ1v) is 24.6. The van der Waals surface area contributed by atoms with Crippen LogP contribution < -0.4 is 9.47 Å². The van der Waals surface area contributed by atoms with Crippen molar-refractivity contribution >= 4 is 41.6 Å². The van der Waals surface area contributed by atoms with Crippen molar-refractivity contribution in [1.29, 1.82) is 0 Å². The molecule has 0 unspecified atom stereocenters. The van der Waals surface area contributed by atoms with E-state index in [0.717, 1.165) is 24.0 Å². The maximum Gasteiger partial charge on any atom is 0.265 e. The van der Waals surface area contributed by atoms with Crippen molar-refractivity contribution in [3.8, 4) is 11.6 Å². The fraction of sp³-hybridized carbons (Fsp3) is 0.479. The molecule has 9 nitrogen and oxygen atoms in total. The number of carbonyl (C=O) groups is 2. The van der Waals surface area contributed by atoms with Gasteiger partial charge in [-0.3, -0.25) is 14.5 Å². The molecule has 0 bridgehead atoms. The van der Waals surface area contributed by atoms with Crippen LogP contribution in [0.25, 0.3) is 5.76 Å². The molecule has 7 rings (SSSR count). The average molecular weight is 902 g/mol. The minimum Gasteiger partial charge on any atom is -0.507 e. The Bertz CT molecular complexity index is 2310. The second-order valence-electron chi connectivity index (χ2n) is 19.6. The van der Waals surface area contributed by atoms with Crippen LogP contribution in [0.2, 0.25) is 18.1 Å². The van der Waals surface area contributed by atoms with Crippen molar-refractivity contribution in [3.63, 3.8) is 0 Å². The van der Waals surface area contributed by atoms with E-state index in [-0.39, 0.29) is 59.8 Å². The highest BCUT2D eigenvalue weighted by Gasteiger charge is 2.69. The predicted octanol–water partition coefficient (Wildman–Crippen LogP) is 11.4. The summed E-state index contributed by atoms with van der Waals surface area (Å²) in [4.78, 5) is 33.4. The molecule has 0 saturated heterocycles. The molecule has 1 aromatic heterocycles. The summed E-state index contributed by atoms with van der Waals surface area (Å²) in [7, 11) is 0.782. The largest absolute Gasteiger partial charge is 0.507 e. The Morgan fingerprint density at radius 3 is 2.10 bits per heavy atom. The number of aliphatic hydroxyl groups is 1. The van der Waals surface area contributed by atoms with Crippen molar-refractivity contribution in [3.05, 3.63) is 116 Å². The van der Waals surface area contributed by atoms with E-state index in [9.17, 15) is 5.11 Å². The van der Waals surface area contributed by atoms with Crippen LogP contribution in [-0.2, 0) is 35.3 Å². The molecule has 4 aromatic rings. The second-order valence-corrected chi connectivity index (χ2v) is 25.2. The molecule has 4 atom stereocenters. The zero-order valence-corrected chi connectivity index (χ0v) is 39.1. The van der Waals surface area contributed by atoms with Gasteiger partial charge in [0.15, 0.2) is 19.7 Å². The molecule has 60 heavy (non-hydrogen) atoms. The molecule has 1 heterocycles. The summed E-state index contributed by atoms with van der Waals surface area (Å²) in [5.41, 5.74) is 0.725. The number of ether oxygens (including phenoxy) is 2. The third kappa shape index (κ3) is 7.82. The number of halogens is 2. The number of Topliss-reactive ketones (excluding diaryl/α,β-unsaturated/α-hetero) is 2. The molecule has 3 aromatic carbocycles. The van der Waals surface area contributed by atoms with Crippen molar-refractivity contribution < 1.29 is 37.5 Å². The topological polar surface area (TPSA) is 111 Å². The third-order valence-corrected chi connectivity index (χ3v) is 18.3. The van der Waals surface area contributed by atoms with E-state index >= 15 is 14.0 Å². The monoisotopic (exact) mass is 900 g/mol. The standard InChI is InChI=1S/C48H58BrFN2O7Si/c1-46(2,3)23-17-22-31-37(49)41(56-26-28-18-13-11-14-19-28)35-32(38(31)50)24-30-25-33-39(52(7)8)42-36(45(51-58-42)57-27-29-20-15-12-16-21-29)44(55)48(33,43(54)34(30)40(35)53)59-60(9,10)47(4,5)6/h11-16,18-21,30,33,39,53H,17,22-27H2,1-10H3/t30-,33-,39-,48-/m0/s1. The van der Waals surface area contributed by atoms with Crippen molar-refractivity contribution in [2.24, 2.45) is 17.3 Å². The Morgan fingerprint density at radius 2 is 1.53 bits per heavy atom. The lowest BCUT2D eigenvalue weighted by atomic mass is 9.57. The van der Waals surface area contributed by atoms with Gasteiger partial charge in [-0.2, -0.15) is 0 Å². The van der Waals surface area contributed by atoms with E-state index < -0.39 is 60.0 Å². The molecule has 1 N–H and O–H groups in total. The minimum atomic E-state index is -2.96. The van der Waals surface area contributed by atoms with Crippen molar-refractivity contribution in [2.45, 2.75) is 117 Å². The molecule has 1 fully saturated rings. The smallest absolute Gasteiger partial charge is 0.265 e. The molecule has 1 saturated carbocycles. The quantitative estimate of drug-likeness (QED) is 0.110. The summed E-state index contributed by atoms with van der Waals surface area (Å²) in [6, 6.07) is 18.5. The van der Waals surface area contributed by atoms with Gasteiger partial charge < -0.3 is 23.5 Å². The van der Waals surface area contributed by atoms with Crippen LogP contribution in [0.5, 0.6) is 11.6 Å². The molecule has 12 heteroatoms. The summed E-state index contributed by atoms with van der Waals surface area (Å²) in [5, 5.41) is 16.5. The van der Waals surface area contributed by atoms with Gasteiger partial charge in [-0.1, -0.05) is 102 Å². The first-order valence-electron chi connectivity index (χ1n) is 20.9. The lowest BCUT2D eigenvalue weighted by Gasteiger charge is -2.55. The lowest BCUT2D eigenvalue weighted by Crippen LogP contribution is -2.68. The summed E-state index contributed by atoms with van der Waals surface area (Å²) in [5.74, 6) is -2.93. The van der Waals surface area contributed by atoms with Gasteiger partial charge in [0.1, 0.15) is 36.1 Å². The van der Waals surface area contributed by atoms with Gasteiger partial charge in [-0.25, -0.2) is 4.39 Å². The van der Waals surface area contributed by atoms with E-state index in [0.29, 0.717) is 27.8 Å². The zero-order chi connectivity index (χ0) is 43.5. The second kappa shape index (κ2) is 16.3. The van der Waals surface area contributed by atoms with Crippen LogP contribution in [0.1, 0.15) is 111 Å². The summed E-state index contributed by atoms with van der Waals surface area (Å²) < 4.78 is 43.6. The molecule has 3 aliphatic rings. The fourth-order valence-corrected chi connectivity index (χ4v) is 11.1. The highest BCUT2D eigenvalue weighted by Crippen LogP contribution is 2.60. The van der Waals surface area contributed by atoms with E-state index in [1.165, 1.54) is 0 Å². The maximum absolute atomic E-state index is 17.2. The van der Waals surface area contributed by atoms with Crippen molar-refractivity contribution in [2.75, 3.05) is 14.1 Å². The number of carbonyl (C=O) groups excluding carboxylic acids is 2. The molecular formula is C48H58BrFN2O7Si. The normalized spacial score (nSPS) is 21.7. The van der Waals surface area contributed by atoms with Gasteiger partial charge in [0.05, 0.1) is 16.1 Å². The van der Waals surface area contributed by atoms with Gasteiger partial charge >= 0.3 is 0 Å². The van der Waals surface area contributed by atoms with E-state index in [1.807, 2.05) is 92.8 Å². The van der Waals surface area contributed by atoms with Gasteiger partial charge in [0, 0.05) is 22.6 Å². The Kier molecular flexibility index (Phi) is 11.9. The Morgan fingerprint density at radius 1 is 0.933 bits per heavy atom. The van der Waals surface area contributed by atoms with Crippen LogP contribution in [0.4, 0.5) is 4.39 Å². The van der Waals surface area contributed by atoms with Crippen LogP contribution in [-0.4, -0.2) is 54.7 Å². The first-order chi connectivity index (χ1) is 28.2. The third-order valence-electron chi connectivity index (χ3n) is 13.0. The van der Waals surface area contributed by atoms with Gasteiger partial charge in [-0.15, -0.1) is 0 Å². The van der Waals surface area contributed by atoms with Gasteiger partial charge in [0.2, 0.25) is 11.6 Å². The minimum absolute atomic E-state index is 0.0222. The van der Waals surface area contributed by atoms with E-state index in [2.05, 4.69) is 62.6 Å². The fourth-order valence-electron chi connectivity index (χ4n) is 8.94. The number of aliphatic hydroxyl groups excluding tert-OH is 1. The molecule has 0 amide bonds. The molecule has 3 aliphatic carbocycles. The summed E-state index contributed by atoms with van der Waals surface area (Å²) in [6.07, 6.45) is 2.41. The highest BCUT2D eigenvalue weighted by atomic mass is 79.9. The molecule has 0 radical (unpaired) electrons. The predicted molar refractivity (Wildman–Crippen MR) is 236 cm³/mol. The summed E-state index contributed by atoms with van der Waals surface area (Å²) in [6.45, 7) is 16.9. The van der Waals surface area contributed by atoms with E-state index in [4.69, 9.17) is 18.4 Å². The Hall–Kier alpha value is -4.10. The number of ketones is 2.